The molecule has 0 atom stereocenters. The van der Waals surface area contributed by atoms with Crippen LogP contribution in [0.25, 0.3) is 0 Å². The van der Waals surface area contributed by atoms with E-state index in [-0.39, 0.29) is 0 Å². The van der Waals surface area contributed by atoms with Crippen molar-refractivity contribution >= 4 is 12.0 Å². The van der Waals surface area contributed by atoms with Crippen LogP contribution in [0, 0.1) is 0 Å². The number of carbonyl (C=O) groups is 1. The second-order valence-corrected chi connectivity index (χ2v) is 9.74. The van der Waals surface area contributed by atoms with Crippen molar-refractivity contribution in [2.24, 2.45) is 4.99 Å². The molecule has 0 rings (SSSR count). The van der Waals surface area contributed by atoms with E-state index in [0.29, 0.717) is 0 Å². The van der Waals surface area contributed by atoms with Crippen LogP contribution in [0.3, 0.4) is 0 Å². The van der Waals surface area contributed by atoms with Crippen LogP contribution in [0.2, 0.25) is 0 Å². The van der Waals surface area contributed by atoms with Crippen molar-refractivity contribution in [3.8, 4) is 0 Å². The van der Waals surface area contributed by atoms with Gasteiger partial charge in [-0.25, -0.2) is 0 Å². The number of aliphatic imine (C=N–C) groups is 1. The van der Waals surface area contributed by atoms with Gasteiger partial charge >= 0.3 is 0 Å². The van der Waals surface area contributed by atoms with Crippen LogP contribution in [0.5, 0.6) is 0 Å². The number of rotatable bonds is 16. The molecule has 0 N–H and O–H groups in total. The first kappa shape index (κ1) is 41.1. The molecule has 0 radical (unpaired) electrons. The number of aldehydes is 1. The number of carbonyl (C=O) groups excluding carboxylic acids is 1. The molecular formula is C36H64N2O. The lowest BCUT2D eigenvalue weighted by molar-refractivity contribution is -0.106. The molecule has 0 bridgehead atoms. The Bertz CT molecular complexity index is 813. The normalized spacial score (nSPS) is 13.5. The highest BCUT2D eigenvalue weighted by Gasteiger charge is 2.15. The average Bonchev–Trinajstić information content (AvgIpc) is 2.89. The summed E-state index contributed by atoms with van der Waals surface area (Å²) in [4.78, 5) is 16.0. The predicted octanol–water partition coefficient (Wildman–Crippen LogP) is 11.4. The molecule has 0 aliphatic carbocycles. The average molecular weight is 541 g/mol. The summed E-state index contributed by atoms with van der Waals surface area (Å²) < 4.78 is 0. The largest absolute Gasteiger partial charge is 0.375 e. The topological polar surface area (TPSA) is 32.7 Å². The summed E-state index contributed by atoms with van der Waals surface area (Å²) >= 11 is 0. The Labute approximate surface area is 244 Å². The summed E-state index contributed by atoms with van der Waals surface area (Å²) in [5, 5.41) is 0. The first-order valence-corrected chi connectivity index (χ1v) is 15.4. The zero-order chi connectivity index (χ0) is 30.5. The molecule has 0 aliphatic rings. The molecule has 0 heterocycles. The van der Waals surface area contributed by atoms with Crippen LogP contribution in [0.1, 0.15) is 134 Å². The van der Waals surface area contributed by atoms with E-state index in [2.05, 4.69) is 118 Å². The summed E-state index contributed by atoms with van der Waals surface area (Å²) in [6.45, 7) is 27.8. The molecule has 39 heavy (non-hydrogen) atoms. The van der Waals surface area contributed by atoms with Gasteiger partial charge in [0.1, 0.15) is 6.29 Å². The van der Waals surface area contributed by atoms with Gasteiger partial charge in [-0.1, -0.05) is 102 Å². The van der Waals surface area contributed by atoms with Gasteiger partial charge in [0.05, 0.1) is 0 Å². The van der Waals surface area contributed by atoms with Crippen molar-refractivity contribution in [2.75, 3.05) is 13.1 Å². The first-order valence-electron chi connectivity index (χ1n) is 15.4. The van der Waals surface area contributed by atoms with Crippen LogP contribution >= 0.6 is 0 Å². The van der Waals surface area contributed by atoms with Gasteiger partial charge in [-0.3, -0.25) is 4.99 Å². The minimum atomic E-state index is 0.750. The second-order valence-electron chi connectivity index (χ2n) is 9.74. The maximum absolute atomic E-state index is 8.81. The minimum absolute atomic E-state index is 0.750. The standard InChI is InChI=1S/C21H38N2.C13H22.C2H4O/c1-8-13-15-22-18(6)21(20(12-5)14-9-2)19(7)23(16-10-3)17-11-4;1-5-7-8-10-13(4)11-12(3)9-6-2;1-2-3/h12-13,15H,8-11,14,16-17H2,1-7H3;7-8,10-11H,5-6,9H2,1-4H3;2H,1H3/b15-13+,20-12-,21-19-,22-18+;8-7+,12-11+,13-10-;. The number of hydrogen-bond donors (Lipinski definition) is 0. The smallest absolute Gasteiger partial charge is 0.116 e. The van der Waals surface area contributed by atoms with E-state index in [1.54, 1.807) is 0 Å². The van der Waals surface area contributed by atoms with Crippen molar-refractivity contribution in [1.82, 2.24) is 4.90 Å². The van der Waals surface area contributed by atoms with Crippen molar-refractivity contribution < 1.29 is 4.79 Å². The van der Waals surface area contributed by atoms with Crippen molar-refractivity contribution in [1.29, 1.82) is 0 Å². The van der Waals surface area contributed by atoms with Crippen LogP contribution in [-0.4, -0.2) is 30.0 Å². The molecule has 224 valence electrons. The number of nitrogens with zero attached hydrogens (tertiary/aromatic N) is 2. The first-order chi connectivity index (χ1) is 18.7. The van der Waals surface area contributed by atoms with Crippen molar-refractivity contribution in [3.05, 3.63) is 70.6 Å². The Morgan fingerprint density at radius 1 is 0.769 bits per heavy atom. The third-order valence-electron chi connectivity index (χ3n) is 5.83. The van der Waals surface area contributed by atoms with Gasteiger partial charge in [0.15, 0.2) is 0 Å². The summed E-state index contributed by atoms with van der Waals surface area (Å²) in [5.74, 6) is 0. The fourth-order valence-corrected chi connectivity index (χ4v) is 4.15. The van der Waals surface area contributed by atoms with Gasteiger partial charge in [-0.2, -0.15) is 0 Å². The van der Waals surface area contributed by atoms with Crippen LogP contribution < -0.4 is 0 Å². The Morgan fingerprint density at radius 3 is 1.74 bits per heavy atom. The summed E-state index contributed by atoms with van der Waals surface area (Å²) in [6.07, 6.45) is 25.0. The van der Waals surface area contributed by atoms with Crippen LogP contribution in [0.15, 0.2) is 75.6 Å². The number of hydrogen-bond acceptors (Lipinski definition) is 3. The zero-order valence-corrected chi connectivity index (χ0v) is 28.0. The van der Waals surface area contributed by atoms with Crippen LogP contribution in [-0.2, 0) is 4.79 Å². The van der Waals surface area contributed by atoms with E-state index < -0.39 is 0 Å². The Morgan fingerprint density at radius 2 is 1.31 bits per heavy atom. The molecule has 3 heteroatoms. The Balaban J connectivity index is -0.000000681. The maximum Gasteiger partial charge on any atom is 0.116 e. The summed E-state index contributed by atoms with van der Waals surface area (Å²) in [6, 6.07) is 0. The minimum Gasteiger partial charge on any atom is -0.375 e. The van der Waals surface area contributed by atoms with Gasteiger partial charge < -0.3 is 9.69 Å². The van der Waals surface area contributed by atoms with Crippen LogP contribution in [0.4, 0.5) is 0 Å². The van der Waals surface area contributed by atoms with E-state index in [0.717, 1.165) is 50.8 Å². The molecule has 0 aromatic heterocycles. The van der Waals surface area contributed by atoms with E-state index in [1.165, 1.54) is 60.6 Å². The Kier molecular flexibility index (Phi) is 31.7. The second kappa shape index (κ2) is 30.1. The lowest BCUT2D eigenvalue weighted by atomic mass is 9.95. The molecule has 0 aromatic carbocycles. The lowest BCUT2D eigenvalue weighted by Crippen LogP contribution is -2.26. The van der Waals surface area contributed by atoms with Gasteiger partial charge in [0.2, 0.25) is 0 Å². The summed E-state index contributed by atoms with van der Waals surface area (Å²) in [5.41, 5.74) is 8.09. The molecule has 0 fully saturated rings. The Hall–Kier alpha value is -2.42. The number of allylic oxidation sites excluding steroid dienone is 11. The monoisotopic (exact) mass is 541 g/mol. The lowest BCUT2D eigenvalue weighted by Gasteiger charge is -2.28. The molecule has 0 aliphatic heterocycles. The third kappa shape index (κ3) is 23.2. The maximum atomic E-state index is 8.81. The molecule has 0 aromatic rings. The van der Waals surface area contributed by atoms with Crippen molar-refractivity contribution in [2.45, 2.75) is 134 Å². The van der Waals surface area contributed by atoms with E-state index in [9.17, 15) is 0 Å². The fraction of sp³-hybridized carbons (Fsp3) is 0.611. The fourth-order valence-electron chi connectivity index (χ4n) is 4.15. The van der Waals surface area contributed by atoms with E-state index in [4.69, 9.17) is 9.79 Å². The molecule has 0 saturated heterocycles. The molecule has 0 unspecified atom stereocenters. The molecular weight excluding hydrogens is 476 g/mol. The third-order valence-corrected chi connectivity index (χ3v) is 5.83. The van der Waals surface area contributed by atoms with Crippen molar-refractivity contribution in [3.63, 3.8) is 0 Å². The van der Waals surface area contributed by atoms with Gasteiger partial charge in [-0.05, 0) is 85.6 Å². The highest BCUT2D eigenvalue weighted by atomic mass is 16.1. The van der Waals surface area contributed by atoms with Gasteiger partial charge in [0, 0.05) is 36.3 Å². The molecule has 0 saturated carbocycles. The SMILES string of the molecule is CC/C=C/C=C(C)\C=C(/C)CCC.CC=O.C\C=C(CCC)/C(C(/C)=N/C=C/CC)=C(/C)N(CCC)CCC. The van der Waals surface area contributed by atoms with E-state index >= 15 is 0 Å². The van der Waals surface area contributed by atoms with E-state index in [1.807, 2.05) is 6.20 Å². The molecule has 3 nitrogen and oxygen atoms in total. The van der Waals surface area contributed by atoms with Gasteiger partial charge in [-0.15, -0.1) is 0 Å². The molecule has 0 spiro atoms. The highest BCUT2D eigenvalue weighted by molar-refractivity contribution is 6.03. The van der Waals surface area contributed by atoms with Gasteiger partial charge in [0.25, 0.3) is 0 Å². The zero-order valence-electron chi connectivity index (χ0n) is 28.0. The molecule has 0 amide bonds. The quantitative estimate of drug-likeness (QED) is 0.111. The highest BCUT2D eigenvalue weighted by Crippen LogP contribution is 2.24. The summed E-state index contributed by atoms with van der Waals surface area (Å²) in [7, 11) is 0. The predicted molar refractivity (Wildman–Crippen MR) is 180 cm³/mol.